The molecule has 2 rings (SSSR count). The SMILES string of the molecule is Cc1ccc(COC(=O)N=NC(=O)OCc2ccc(C)cc2)cc1. The largest absolute Gasteiger partial charge is 0.452 e. The summed E-state index contributed by atoms with van der Waals surface area (Å²) in [6.45, 7) is 4.06. The van der Waals surface area contributed by atoms with Crippen LogP contribution >= 0.6 is 0 Å². The molecule has 0 radical (unpaired) electrons. The van der Waals surface area contributed by atoms with Crippen molar-refractivity contribution in [2.24, 2.45) is 10.2 Å². The molecule has 0 bridgehead atoms. The number of rotatable bonds is 4. The second-order valence-electron chi connectivity index (χ2n) is 5.28. The molecule has 0 aliphatic carbocycles. The van der Waals surface area contributed by atoms with Crippen LogP contribution in [0.2, 0.25) is 0 Å². The lowest BCUT2D eigenvalue weighted by atomic mass is 10.2. The van der Waals surface area contributed by atoms with Crippen molar-refractivity contribution in [1.29, 1.82) is 0 Å². The molecule has 0 heterocycles. The van der Waals surface area contributed by atoms with Gasteiger partial charge in [-0.1, -0.05) is 69.9 Å². The van der Waals surface area contributed by atoms with E-state index in [4.69, 9.17) is 9.47 Å². The maximum absolute atomic E-state index is 11.4. The number of nitrogens with zero attached hydrogens (tertiary/aromatic N) is 2. The van der Waals surface area contributed by atoms with E-state index in [0.717, 1.165) is 22.3 Å². The highest BCUT2D eigenvalue weighted by Gasteiger charge is 2.05. The molecule has 0 unspecified atom stereocenters. The zero-order valence-corrected chi connectivity index (χ0v) is 13.6. The van der Waals surface area contributed by atoms with Gasteiger partial charge in [-0.3, -0.25) is 0 Å². The van der Waals surface area contributed by atoms with Crippen molar-refractivity contribution in [2.75, 3.05) is 0 Å². The van der Waals surface area contributed by atoms with Crippen LogP contribution in [0.4, 0.5) is 9.59 Å². The van der Waals surface area contributed by atoms with Crippen molar-refractivity contribution in [3.05, 3.63) is 70.8 Å². The van der Waals surface area contributed by atoms with E-state index in [-0.39, 0.29) is 13.2 Å². The third kappa shape index (κ3) is 6.00. The summed E-state index contributed by atoms with van der Waals surface area (Å²) in [6, 6.07) is 15.0. The van der Waals surface area contributed by atoms with Gasteiger partial charge in [-0.2, -0.15) is 0 Å². The average molecular weight is 326 g/mol. The van der Waals surface area contributed by atoms with Gasteiger partial charge in [0.05, 0.1) is 0 Å². The summed E-state index contributed by atoms with van der Waals surface area (Å²) in [5, 5.41) is 6.34. The van der Waals surface area contributed by atoms with E-state index in [2.05, 4.69) is 10.2 Å². The first-order valence-electron chi connectivity index (χ1n) is 7.39. The zero-order chi connectivity index (χ0) is 17.4. The molecule has 0 aliphatic rings. The molecule has 0 aliphatic heterocycles. The first kappa shape index (κ1) is 17.3. The van der Waals surface area contributed by atoms with Gasteiger partial charge in [-0.15, -0.1) is 0 Å². The summed E-state index contributed by atoms with van der Waals surface area (Å²) in [4.78, 5) is 22.8. The van der Waals surface area contributed by atoms with Gasteiger partial charge in [0.2, 0.25) is 0 Å². The smallest absolute Gasteiger partial charge is 0.442 e. The fourth-order valence-corrected chi connectivity index (χ4v) is 1.80. The molecule has 2 aromatic rings. The summed E-state index contributed by atoms with van der Waals surface area (Å²) in [5.41, 5.74) is 3.87. The first-order chi connectivity index (χ1) is 11.5. The molecule has 0 N–H and O–H groups in total. The fraction of sp³-hybridized carbons (Fsp3) is 0.222. The Hall–Kier alpha value is -3.02. The molecule has 2 aromatic carbocycles. The topological polar surface area (TPSA) is 77.3 Å². The average Bonchev–Trinajstić information content (AvgIpc) is 2.59. The Morgan fingerprint density at radius 3 is 1.38 bits per heavy atom. The summed E-state index contributed by atoms with van der Waals surface area (Å²) in [6.07, 6.45) is -1.88. The lowest BCUT2D eigenvalue weighted by Crippen LogP contribution is -2.02. The molecule has 124 valence electrons. The van der Waals surface area contributed by atoms with Gasteiger partial charge in [0.25, 0.3) is 0 Å². The number of carbonyl (C=O) groups excluding carboxylic acids is 2. The predicted molar refractivity (Wildman–Crippen MR) is 87.6 cm³/mol. The summed E-state index contributed by atoms with van der Waals surface area (Å²) in [7, 11) is 0. The molecule has 24 heavy (non-hydrogen) atoms. The molecule has 6 heteroatoms. The van der Waals surface area contributed by atoms with Crippen molar-refractivity contribution in [1.82, 2.24) is 0 Å². The van der Waals surface area contributed by atoms with Crippen molar-refractivity contribution in [2.45, 2.75) is 27.1 Å². The minimum atomic E-state index is -0.942. The van der Waals surface area contributed by atoms with Crippen molar-refractivity contribution < 1.29 is 19.1 Å². The Bertz CT molecular complexity index is 658. The molecular weight excluding hydrogens is 308 g/mol. The van der Waals surface area contributed by atoms with E-state index in [1.807, 2.05) is 62.4 Å². The Labute approximate surface area is 140 Å². The number of hydrogen-bond acceptors (Lipinski definition) is 4. The van der Waals surface area contributed by atoms with E-state index in [1.165, 1.54) is 0 Å². The van der Waals surface area contributed by atoms with Crippen molar-refractivity contribution in [3.8, 4) is 0 Å². The molecule has 0 atom stereocenters. The van der Waals surface area contributed by atoms with Crippen LogP contribution in [0.25, 0.3) is 0 Å². The van der Waals surface area contributed by atoms with E-state index in [1.54, 1.807) is 0 Å². The maximum atomic E-state index is 11.4. The van der Waals surface area contributed by atoms with E-state index >= 15 is 0 Å². The molecule has 0 fully saturated rings. The molecule has 6 nitrogen and oxygen atoms in total. The predicted octanol–water partition coefficient (Wildman–Crippen LogP) is 4.73. The number of amides is 2. The lowest BCUT2D eigenvalue weighted by Gasteiger charge is -2.02. The van der Waals surface area contributed by atoms with Crippen LogP contribution in [0.3, 0.4) is 0 Å². The maximum Gasteiger partial charge on any atom is 0.452 e. The highest BCUT2D eigenvalue weighted by Crippen LogP contribution is 2.06. The molecule has 2 amide bonds. The van der Waals surface area contributed by atoms with Crippen molar-refractivity contribution in [3.63, 3.8) is 0 Å². The van der Waals surface area contributed by atoms with Gasteiger partial charge < -0.3 is 9.47 Å². The standard InChI is InChI=1S/C18H18N2O4/c1-13-3-7-15(8-4-13)11-23-17(21)19-20-18(22)24-12-16-9-5-14(2)6-10-16/h3-10H,11-12H2,1-2H3. The first-order valence-corrected chi connectivity index (χ1v) is 7.39. The molecule has 0 saturated heterocycles. The number of hydrogen-bond donors (Lipinski definition) is 0. The van der Waals surface area contributed by atoms with Gasteiger partial charge in [0.1, 0.15) is 13.2 Å². The van der Waals surface area contributed by atoms with E-state index in [0.29, 0.717) is 0 Å². The molecule has 0 spiro atoms. The van der Waals surface area contributed by atoms with E-state index in [9.17, 15) is 9.59 Å². The normalized spacial score (nSPS) is 10.6. The van der Waals surface area contributed by atoms with Crippen LogP contribution in [0.5, 0.6) is 0 Å². The zero-order valence-electron chi connectivity index (χ0n) is 13.6. The van der Waals surface area contributed by atoms with Crippen LogP contribution < -0.4 is 0 Å². The third-order valence-electron chi connectivity index (χ3n) is 3.18. The Balaban J connectivity index is 1.73. The highest BCUT2D eigenvalue weighted by molar-refractivity contribution is 5.73. The van der Waals surface area contributed by atoms with Gasteiger partial charge >= 0.3 is 12.2 Å². The van der Waals surface area contributed by atoms with Gasteiger partial charge in [0, 0.05) is 0 Å². The molecular formula is C18H18N2O4. The fourth-order valence-electron chi connectivity index (χ4n) is 1.80. The second kappa shape index (κ2) is 8.57. The Kier molecular flexibility index (Phi) is 6.19. The minimum Gasteiger partial charge on any atom is -0.442 e. The summed E-state index contributed by atoms with van der Waals surface area (Å²) < 4.78 is 9.77. The van der Waals surface area contributed by atoms with Crippen molar-refractivity contribution >= 4 is 12.2 Å². The second-order valence-corrected chi connectivity index (χ2v) is 5.28. The van der Waals surface area contributed by atoms with E-state index < -0.39 is 12.2 Å². The lowest BCUT2D eigenvalue weighted by molar-refractivity contribution is 0.139. The number of azo groups is 1. The Morgan fingerprint density at radius 2 is 1.04 bits per heavy atom. The molecule has 0 aromatic heterocycles. The van der Waals surface area contributed by atoms with Gasteiger partial charge in [-0.05, 0) is 25.0 Å². The summed E-state index contributed by atoms with van der Waals surface area (Å²) >= 11 is 0. The number of benzene rings is 2. The third-order valence-corrected chi connectivity index (χ3v) is 3.18. The monoisotopic (exact) mass is 326 g/mol. The number of aryl methyl sites for hydroxylation is 2. The highest BCUT2D eigenvalue weighted by atomic mass is 16.6. The van der Waals surface area contributed by atoms with Crippen LogP contribution in [-0.4, -0.2) is 12.2 Å². The van der Waals surface area contributed by atoms with Crippen LogP contribution in [0.1, 0.15) is 22.3 Å². The number of ether oxygens (including phenoxy) is 2. The quantitative estimate of drug-likeness (QED) is 0.761. The van der Waals surface area contributed by atoms with Gasteiger partial charge in [0.15, 0.2) is 0 Å². The van der Waals surface area contributed by atoms with Crippen LogP contribution in [0.15, 0.2) is 58.8 Å². The minimum absolute atomic E-state index is 0.0660. The molecule has 0 saturated carbocycles. The van der Waals surface area contributed by atoms with Crippen LogP contribution in [0, 0.1) is 13.8 Å². The van der Waals surface area contributed by atoms with Crippen LogP contribution in [-0.2, 0) is 22.7 Å². The number of carbonyl (C=O) groups is 2. The summed E-state index contributed by atoms with van der Waals surface area (Å²) in [5.74, 6) is 0. The Morgan fingerprint density at radius 1 is 0.708 bits per heavy atom. The van der Waals surface area contributed by atoms with Gasteiger partial charge in [-0.25, -0.2) is 9.59 Å².